The molecule has 5 nitrogen and oxygen atoms in total. The average molecular weight is 293 g/mol. The number of para-hydroxylation sites is 1. The van der Waals surface area contributed by atoms with E-state index in [2.05, 4.69) is 10.3 Å². The maximum atomic E-state index is 12.2. The largest absolute Gasteiger partial charge is 0.494 e. The van der Waals surface area contributed by atoms with Crippen LogP contribution in [0.15, 0.2) is 54.6 Å². The van der Waals surface area contributed by atoms with Gasteiger partial charge < -0.3 is 4.74 Å². The number of fused-ring (bicyclic) bond motifs is 1. The van der Waals surface area contributed by atoms with Crippen LogP contribution in [0.25, 0.3) is 17.1 Å². The normalized spacial score (nSPS) is 11.1. The molecule has 0 aliphatic carbocycles. The Morgan fingerprint density at radius 2 is 1.95 bits per heavy atom. The Bertz CT molecular complexity index is 819. The third-order valence-corrected chi connectivity index (χ3v) is 3.17. The lowest BCUT2D eigenvalue weighted by molar-refractivity contribution is 0.0958. The Balaban J connectivity index is 1.78. The summed E-state index contributed by atoms with van der Waals surface area (Å²) in [5.74, 6) is 0.579. The quantitative estimate of drug-likeness (QED) is 0.693. The van der Waals surface area contributed by atoms with E-state index in [-0.39, 0.29) is 5.91 Å². The highest BCUT2D eigenvalue weighted by atomic mass is 16.5. The first kappa shape index (κ1) is 14.0. The number of hydrogen-bond acceptors (Lipinski definition) is 4. The third-order valence-electron chi connectivity index (χ3n) is 3.17. The minimum atomic E-state index is -0.234. The summed E-state index contributed by atoms with van der Waals surface area (Å²) in [6.07, 6.45) is 3.23. The van der Waals surface area contributed by atoms with Gasteiger partial charge in [0.2, 0.25) is 0 Å². The SMILES string of the molecule is CCOc1ccc(/C=C/C(=O)n2nnc3ccccc32)cc1. The second-order valence-corrected chi connectivity index (χ2v) is 4.66. The molecule has 0 spiro atoms. The second kappa shape index (κ2) is 6.22. The van der Waals surface area contributed by atoms with Gasteiger partial charge in [0.15, 0.2) is 0 Å². The van der Waals surface area contributed by atoms with Crippen LogP contribution in [0.1, 0.15) is 17.3 Å². The van der Waals surface area contributed by atoms with Crippen LogP contribution in [0, 0.1) is 0 Å². The van der Waals surface area contributed by atoms with E-state index in [1.165, 1.54) is 10.8 Å². The summed E-state index contributed by atoms with van der Waals surface area (Å²) in [5.41, 5.74) is 2.32. The molecule has 3 rings (SSSR count). The van der Waals surface area contributed by atoms with Gasteiger partial charge in [0.05, 0.1) is 12.1 Å². The molecule has 1 aromatic heterocycles. The van der Waals surface area contributed by atoms with Crippen LogP contribution in [0.3, 0.4) is 0 Å². The fraction of sp³-hybridized carbons (Fsp3) is 0.118. The molecule has 1 heterocycles. The van der Waals surface area contributed by atoms with Gasteiger partial charge in [-0.3, -0.25) is 4.79 Å². The van der Waals surface area contributed by atoms with Crippen molar-refractivity contribution >= 4 is 23.0 Å². The van der Waals surface area contributed by atoms with E-state index in [9.17, 15) is 4.79 Å². The molecule has 0 unspecified atom stereocenters. The molecule has 22 heavy (non-hydrogen) atoms. The molecule has 110 valence electrons. The summed E-state index contributed by atoms with van der Waals surface area (Å²) < 4.78 is 6.67. The monoisotopic (exact) mass is 293 g/mol. The Morgan fingerprint density at radius 3 is 2.73 bits per heavy atom. The van der Waals surface area contributed by atoms with Gasteiger partial charge >= 0.3 is 0 Å². The number of carbonyl (C=O) groups is 1. The molecule has 0 fully saturated rings. The van der Waals surface area contributed by atoms with Crippen LogP contribution >= 0.6 is 0 Å². The molecule has 0 saturated carbocycles. The van der Waals surface area contributed by atoms with E-state index in [1.807, 2.05) is 55.5 Å². The smallest absolute Gasteiger partial charge is 0.272 e. The zero-order valence-corrected chi connectivity index (χ0v) is 12.1. The number of benzene rings is 2. The Kier molecular flexibility index (Phi) is 3.96. The van der Waals surface area contributed by atoms with E-state index >= 15 is 0 Å². The summed E-state index contributed by atoms with van der Waals surface area (Å²) in [6, 6.07) is 14.9. The number of rotatable bonds is 4. The predicted molar refractivity (Wildman–Crippen MR) is 84.8 cm³/mol. The van der Waals surface area contributed by atoms with Crippen molar-refractivity contribution < 1.29 is 9.53 Å². The zero-order valence-electron chi connectivity index (χ0n) is 12.1. The van der Waals surface area contributed by atoms with Crippen molar-refractivity contribution in [2.24, 2.45) is 0 Å². The first-order valence-corrected chi connectivity index (χ1v) is 7.03. The van der Waals surface area contributed by atoms with Crippen LogP contribution in [-0.4, -0.2) is 27.5 Å². The Labute approximate surface area is 127 Å². The highest BCUT2D eigenvalue weighted by Crippen LogP contribution is 2.14. The minimum Gasteiger partial charge on any atom is -0.494 e. The molecule has 0 saturated heterocycles. The first-order valence-electron chi connectivity index (χ1n) is 7.03. The van der Waals surface area contributed by atoms with Crippen molar-refractivity contribution in [2.75, 3.05) is 6.61 Å². The lowest BCUT2D eigenvalue weighted by Crippen LogP contribution is -2.08. The Hall–Kier alpha value is -2.95. The van der Waals surface area contributed by atoms with Gasteiger partial charge in [0.1, 0.15) is 11.3 Å². The highest BCUT2D eigenvalue weighted by molar-refractivity contribution is 5.98. The van der Waals surface area contributed by atoms with Crippen molar-refractivity contribution in [1.82, 2.24) is 15.0 Å². The van der Waals surface area contributed by atoms with Gasteiger partial charge in [0, 0.05) is 6.08 Å². The van der Waals surface area contributed by atoms with Crippen LogP contribution in [0.4, 0.5) is 0 Å². The molecule has 0 bridgehead atoms. The molecular weight excluding hydrogens is 278 g/mol. The molecule has 5 heteroatoms. The second-order valence-electron chi connectivity index (χ2n) is 4.66. The minimum absolute atomic E-state index is 0.234. The topological polar surface area (TPSA) is 57.0 Å². The number of nitrogens with zero attached hydrogens (tertiary/aromatic N) is 3. The number of allylic oxidation sites excluding steroid dienone is 1. The van der Waals surface area contributed by atoms with Gasteiger partial charge in [-0.15, -0.1) is 5.10 Å². The highest BCUT2D eigenvalue weighted by Gasteiger charge is 2.08. The summed E-state index contributed by atoms with van der Waals surface area (Å²) >= 11 is 0. The van der Waals surface area contributed by atoms with E-state index in [0.717, 1.165) is 11.3 Å². The van der Waals surface area contributed by atoms with Crippen molar-refractivity contribution in [2.45, 2.75) is 6.92 Å². The maximum absolute atomic E-state index is 12.2. The molecule has 0 atom stereocenters. The van der Waals surface area contributed by atoms with Crippen molar-refractivity contribution in [3.05, 3.63) is 60.2 Å². The standard InChI is InChI=1S/C17H15N3O2/c1-2-22-14-10-7-13(8-11-14)9-12-17(21)20-16-6-4-3-5-15(16)18-19-20/h3-12H,2H2,1H3/b12-9+. The molecule has 0 radical (unpaired) electrons. The summed E-state index contributed by atoms with van der Waals surface area (Å²) in [4.78, 5) is 12.2. The van der Waals surface area contributed by atoms with Crippen LogP contribution in [0.5, 0.6) is 5.75 Å². The fourth-order valence-electron chi connectivity index (χ4n) is 2.11. The van der Waals surface area contributed by atoms with Gasteiger partial charge in [0.25, 0.3) is 5.91 Å². The number of aromatic nitrogens is 3. The van der Waals surface area contributed by atoms with Gasteiger partial charge in [-0.25, -0.2) is 0 Å². The molecule has 2 aromatic carbocycles. The van der Waals surface area contributed by atoms with E-state index < -0.39 is 0 Å². The van der Waals surface area contributed by atoms with Crippen LogP contribution in [-0.2, 0) is 0 Å². The number of carbonyl (C=O) groups excluding carboxylic acids is 1. The predicted octanol–water partition coefficient (Wildman–Crippen LogP) is 3.18. The maximum Gasteiger partial charge on any atom is 0.272 e. The number of hydrogen-bond donors (Lipinski definition) is 0. The lowest BCUT2D eigenvalue weighted by Gasteiger charge is -2.02. The van der Waals surface area contributed by atoms with E-state index in [0.29, 0.717) is 17.6 Å². The summed E-state index contributed by atoms with van der Waals surface area (Å²) in [7, 11) is 0. The lowest BCUT2D eigenvalue weighted by atomic mass is 10.2. The molecule has 3 aromatic rings. The molecule has 0 aliphatic rings. The third kappa shape index (κ3) is 2.88. The van der Waals surface area contributed by atoms with E-state index in [4.69, 9.17) is 4.74 Å². The zero-order chi connectivity index (χ0) is 15.4. The average Bonchev–Trinajstić information content (AvgIpc) is 2.98. The van der Waals surface area contributed by atoms with Crippen molar-refractivity contribution in [3.63, 3.8) is 0 Å². The molecule has 0 aliphatic heterocycles. The van der Waals surface area contributed by atoms with Gasteiger partial charge in [-0.1, -0.05) is 29.5 Å². The molecule has 0 N–H and O–H groups in total. The van der Waals surface area contributed by atoms with Crippen LogP contribution in [0.2, 0.25) is 0 Å². The molecular formula is C17H15N3O2. The van der Waals surface area contributed by atoms with Gasteiger partial charge in [-0.05, 0) is 42.8 Å². The van der Waals surface area contributed by atoms with Gasteiger partial charge in [-0.2, -0.15) is 4.68 Å². The Morgan fingerprint density at radius 1 is 1.18 bits per heavy atom. The van der Waals surface area contributed by atoms with E-state index in [1.54, 1.807) is 6.08 Å². The summed E-state index contributed by atoms with van der Waals surface area (Å²) in [5, 5.41) is 7.86. The number of ether oxygens (including phenoxy) is 1. The first-order chi connectivity index (χ1) is 10.8. The van der Waals surface area contributed by atoms with Crippen molar-refractivity contribution in [1.29, 1.82) is 0 Å². The summed E-state index contributed by atoms with van der Waals surface area (Å²) in [6.45, 7) is 2.57. The van der Waals surface area contributed by atoms with Crippen molar-refractivity contribution in [3.8, 4) is 5.75 Å². The van der Waals surface area contributed by atoms with Crippen LogP contribution < -0.4 is 4.74 Å². The molecule has 0 amide bonds. The fourth-order valence-corrected chi connectivity index (χ4v) is 2.11.